The molecule has 0 heterocycles. The first-order valence-electron chi connectivity index (χ1n) is 5.03. The van der Waals surface area contributed by atoms with E-state index in [1.54, 1.807) is 0 Å². The van der Waals surface area contributed by atoms with Crippen LogP contribution < -0.4 is 0 Å². The molecule has 0 nitrogen and oxygen atoms in total. The van der Waals surface area contributed by atoms with Crippen LogP contribution in [-0.2, 0) is 0 Å². The summed E-state index contributed by atoms with van der Waals surface area (Å²) in [5.41, 5.74) is 3.94. The molecule has 0 aliphatic carbocycles. The van der Waals surface area contributed by atoms with Crippen LogP contribution >= 0.6 is 0 Å². The van der Waals surface area contributed by atoms with Gasteiger partial charge in [-0.1, -0.05) is 43.7 Å². The molecule has 13 heavy (non-hydrogen) atoms. The first-order chi connectivity index (χ1) is 6.02. The number of allylic oxidation sites excluding steroid dienone is 5. The van der Waals surface area contributed by atoms with Crippen molar-refractivity contribution in [3.63, 3.8) is 0 Å². The maximum Gasteiger partial charge on any atom is -0.0190 e. The van der Waals surface area contributed by atoms with Crippen LogP contribution in [0.2, 0.25) is 0 Å². The Morgan fingerprint density at radius 1 is 1.38 bits per heavy atom. The zero-order valence-electron chi connectivity index (χ0n) is 9.65. The second-order valence-electron chi connectivity index (χ2n) is 3.73. The van der Waals surface area contributed by atoms with Crippen LogP contribution in [0.1, 0.15) is 41.0 Å². The molecule has 1 atom stereocenters. The van der Waals surface area contributed by atoms with E-state index in [4.69, 9.17) is 0 Å². The van der Waals surface area contributed by atoms with Crippen LogP contribution in [0.5, 0.6) is 0 Å². The lowest BCUT2D eigenvalue weighted by atomic mass is 9.91. The molecule has 0 fully saturated rings. The monoisotopic (exact) mass is 178 g/mol. The second kappa shape index (κ2) is 5.80. The smallest absolute Gasteiger partial charge is 0.0190 e. The molecule has 0 bridgehead atoms. The van der Waals surface area contributed by atoms with E-state index >= 15 is 0 Å². The van der Waals surface area contributed by atoms with E-state index in [1.807, 2.05) is 6.92 Å². The first kappa shape index (κ1) is 12.2. The Bertz CT molecular complexity index is 228. The van der Waals surface area contributed by atoms with Crippen molar-refractivity contribution in [2.75, 3.05) is 0 Å². The van der Waals surface area contributed by atoms with Crippen molar-refractivity contribution in [3.05, 3.63) is 35.5 Å². The minimum atomic E-state index is 0.632. The van der Waals surface area contributed by atoms with Crippen molar-refractivity contribution in [1.29, 1.82) is 0 Å². The van der Waals surface area contributed by atoms with Gasteiger partial charge in [-0.25, -0.2) is 0 Å². The fourth-order valence-corrected chi connectivity index (χ4v) is 1.30. The van der Waals surface area contributed by atoms with Gasteiger partial charge in [0.1, 0.15) is 0 Å². The number of hydrogen-bond acceptors (Lipinski definition) is 0. The first-order valence-corrected chi connectivity index (χ1v) is 5.03. The maximum atomic E-state index is 3.92. The molecule has 0 saturated carbocycles. The Morgan fingerprint density at radius 3 is 2.23 bits per heavy atom. The second-order valence-corrected chi connectivity index (χ2v) is 3.73. The Balaban J connectivity index is 4.86. The van der Waals surface area contributed by atoms with E-state index in [-0.39, 0.29) is 0 Å². The molecule has 1 unspecified atom stereocenters. The van der Waals surface area contributed by atoms with Gasteiger partial charge >= 0.3 is 0 Å². The fraction of sp³-hybridized carbons (Fsp3) is 0.538. The molecule has 0 aliphatic rings. The van der Waals surface area contributed by atoms with Gasteiger partial charge in [-0.15, -0.1) is 0 Å². The summed E-state index contributed by atoms with van der Waals surface area (Å²) in [6.07, 6.45) is 5.55. The van der Waals surface area contributed by atoms with Gasteiger partial charge in [0.15, 0.2) is 0 Å². The molecule has 74 valence electrons. The van der Waals surface area contributed by atoms with Gasteiger partial charge in [-0.2, -0.15) is 0 Å². The summed E-state index contributed by atoms with van der Waals surface area (Å²) in [6, 6.07) is 0. The molecule has 0 saturated heterocycles. The van der Waals surface area contributed by atoms with Gasteiger partial charge in [-0.3, -0.25) is 0 Å². The van der Waals surface area contributed by atoms with E-state index in [1.165, 1.54) is 17.6 Å². The predicted octanol–water partition coefficient (Wildman–Crippen LogP) is 4.50. The molecule has 0 N–H and O–H groups in total. The summed E-state index contributed by atoms with van der Waals surface area (Å²) in [5, 5.41) is 0. The van der Waals surface area contributed by atoms with Crippen LogP contribution in [-0.4, -0.2) is 0 Å². The van der Waals surface area contributed by atoms with Gasteiger partial charge < -0.3 is 0 Å². The summed E-state index contributed by atoms with van der Waals surface area (Å²) in [4.78, 5) is 0. The van der Waals surface area contributed by atoms with Crippen LogP contribution in [0.3, 0.4) is 0 Å². The lowest BCUT2D eigenvalue weighted by Crippen LogP contribution is -1.99. The van der Waals surface area contributed by atoms with Crippen molar-refractivity contribution < 1.29 is 0 Å². The summed E-state index contributed by atoms with van der Waals surface area (Å²) in [5.74, 6) is 0.632. The van der Waals surface area contributed by atoms with E-state index in [2.05, 4.69) is 46.4 Å². The quantitative estimate of drug-likeness (QED) is 0.556. The maximum absolute atomic E-state index is 3.92. The predicted molar refractivity (Wildman–Crippen MR) is 61.8 cm³/mol. The lowest BCUT2D eigenvalue weighted by Gasteiger charge is -2.15. The standard InChI is InChI=1S/C13H22/c1-7-11(5)13(9-10(3)4)12(6)8-2/h7,9,12H,3,8H2,1-2,4-6H3/b11-7?,13-9+. The Morgan fingerprint density at radius 2 is 1.92 bits per heavy atom. The van der Waals surface area contributed by atoms with Crippen LogP contribution in [0.25, 0.3) is 0 Å². The molecule has 0 amide bonds. The van der Waals surface area contributed by atoms with Crippen molar-refractivity contribution >= 4 is 0 Å². The van der Waals surface area contributed by atoms with Crippen molar-refractivity contribution in [2.45, 2.75) is 41.0 Å². The number of rotatable bonds is 4. The highest BCUT2D eigenvalue weighted by atomic mass is 14.1. The fourth-order valence-electron chi connectivity index (χ4n) is 1.30. The van der Waals surface area contributed by atoms with Crippen LogP contribution in [0, 0.1) is 5.92 Å². The summed E-state index contributed by atoms with van der Waals surface area (Å²) < 4.78 is 0. The summed E-state index contributed by atoms with van der Waals surface area (Å²) in [6.45, 7) is 14.7. The third kappa shape index (κ3) is 4.12. The van der Waals surface area contributed by atoms with Crippen LogP contribution in [0.15, 0.2) is 35.5 Å². The minimum Gasteiger partial charge on any atom is -0.0961 e. The highest BCUT2D eigenvalue weighted by molar-refractivity contribution is 5.35. The molecule has 0 rings (SSSR count). The zero-order chi connectivity index (χ0) is 10.4. The topological polar surface area (TPSA) is 0 Å². The third-order valence-corrected chi connectivity index (χ3v) is 2.43. The normalized spacial score (nSPS) is 15.8. The van der Waals surface area contributed by atoms with E-state index in [9.17, 15) is 0 Å². The highest BCUT2D eigenvalue weighted by Crippen LogP contribution is 2.23. The molecule has 0 aromatic rings. The molecule has 0 heteroatoms. The third-order valence-electron chi connectivity index (χ3n) is 2.43. The zero-order valence-corrected chi connectivity index (χ0v) is 9.65. The molecule has 0 aromatic heterocycles. The largest absolute Gasteiger partial charge is 0.0961 e. The number of hydrogen-bond donors (Lipinski definition) is 0. The molecular formula is C13H22. The van der Waals surface area contributed by atoms with Gasteiger partial charge in [0.2, 0.25) is 0 Å². The molecule has 0 aliphatic heterocycles. The van der Waals surface area contributed by atoms with E-state index < -0.39 is 0 Å². The van der Waals surface area contributed by atoms with Crippen LogP contribution in [0.4, 0.5) is 0 Å². The highest BCUT2D eigenvalue weighted by Gasteiger charge is 2.07. The van der Waals surface area contributed by atoms with E-state index in [0.717, 1.165) is 5.57 Å². The van der Waals surface area contributed by atoms with Gasteiger partial charge in [0, 0.05) is 0 Å². The Labute approximate surface area is 83.0 Å². The van der Waals surface area contributed by atoms with Crippen molar-refractivity contribution in [2.24, 2.45) is 5.92 Å². The molecule has 0 spiro atoms. The van der Waals surface area contributed by atoms with Crippen molar-refractivity contribution in [1.82, 2.24) is 0 Å². The van der Waals surface area contributed by atoms with Gasteiger partial charge in [0.25, 0.3) is 0 Å². The Hall–Kier alpha value is -0.780. The average molecular weight is 178 g/mol. The summed E-state index contributed by atoms with van der Waals surface area (Å²) in [7, 11) is 0. The van der Waals surface area contributed by atoms with Gasteiger partial charge in [0.05, 0.1) is 0 Å². The average Bonchev–Trinajstić information content (AvgIpc) is 2.11. The SMILES string of the molecule is C=C(C)/C=C(\C(C)=CC)C(C)CC. The summed E-state index contributed by atoms with van der Waals surface area (Å²) >= 11 is 0. The van der Waals surface area contributed by atoms with E-state index in [0.29, 0.717) is 5.92 Å². The Kier molecular flexibility index (Phi) is 5.45. The minimum absolute atomic E-state index is 0.632. The van der Waals surface area contributed by atoms with Gasteiger partial charge in [-0.05, 0) is 38.7 Å². The van der Waals surface area contributed by atoms with Crippen molar-refractivity contribution in [3.8, 4) is 0 Å². The molecule has 0 aromatic carbocycles. The molecular weight excluding hydrogens is 156 g/mol. The lowest BCUT2D eigenvalue weighted by molar-refractivity contribution is 0.661. The molecule has 0 radical (unpaired) electrons.